The van der Waals surface area contributed by atoms with Crippen LogP contribution >= 0.6 is 15.9 Å². The van der Waals surface area contributed by atoms with Crippen molar-refractivity contribution in [2.24, 2.45) is 0 Å². The maximum absolute atomic E-state index is 13.4. The van der Waals surface area contributed by atoms with Crippen LogP contribution in [0.2, 0.25) is 0 Å². The van der Waals surface area contributed by atoms with E-state index in [1.807, 2.05) is 0 Å². The zero-order valence-corrected chi connectivity index (χ0v) is 11.2. The molecule has 0 unspecified atom stereocenters. The van der Waals surface area contributed by atoms with E-state index >= 15 is 0 Å². The van der Waals surface area contributed by atoms with E-state index in [1.54, 1.807) is 19.1 Å². The first kappa shape index (κ1) is 12.8. The molecule has 0 atom stereocenters. The summed E-state index contributed by atoms with van der Waals surface area (Å²) in [7, 11) is 0. The zero-order valence-electron chi connectivity index (χ0n) is 9.60. The summed E-state index contributed by atoms with van der Waals surface area (Å²) in [5.74, 6) is -0.754. The average molecular weight is 313 g/mol. The molecule has 0 amide bonds. The summed E-state index contributed by atoms with van der Waals surface area (Å²) in [6, 6.07) is 7.41. The molecule has 0 bridgehead atoms. The Morgan fingerprint density at radius 2 is 1.83 bits per heavy atom. The van der Waals surface area contributed by atoms with Crippen molar-refractivity contribution in [3.8, 4) is 0 Å². The zero-order chi connectivity index (χ0) is 13.3. The second kappa shape index (κ2) is 4.94. The lowest BCUT2D eigenvalue weighted by molar-refractivity contribution is 0.619. The van der Waals surface area contributed by atoms with Crippen molar-refractivity contribution in [1.29, 1.82) is 0 Å². The normalized spacial score (nSPS) is 10.4. The van der Waals surface area contributed by atoms with Crippen molar-refractivity contribution in [2.75, 3.05) is 11.1 Å². The maximum atomic E-state index is 13.4. The third-order valence-electron chi connectivity index (χ3n) is 2.54. The predicted molar refractivity (Wildman–Crippen MR) is 72.9 cm³/mol. The van der Waals surface area contributed by atoms with Gasteiger partial charge in [-0.2, -0.15) is 0 Å². The first-order valence-electron chi connectivity index (χ1n) is 5.25. The Morgan fingerprint density at radius 1 is 1.11 bits per heavy atom. The van der Waals surface area contributed by atoms with E-state index in [9.17, 15) is 8.78 Å². The van der Waals surface area contributed by atoms with Crippen molar-refractivity contribution >= 4 is 33.0 Å². The minimum absolute atomic E-state index is 0.292. The molecule has 0 aromatic heterocycles. The Kier molecular flexibility index (Phi) is 3.52. The highest BCUT2D eigenvalue weighted by molar-refractivity contribution is 9.10. The lowest BCUT2D eigenvalue weighted by Crippen LogP contribution is -1.98. The standard InChI is InChI=1S/C13H11BrF2N2/c1-7-2-3-8(4-10(7)15)18-13-6-11(16)9(14)5-12(13)17/h2-6,18H,17H2,1H3. The minimum atomic E-state index is -0.431. The molecule has 3 N–H and O–H groups in total. The van der Waals surface area contributed by atoms with Gasteiger partial charge in [0.15, 0.2) is 0 Å². The molecule has 0 fully saturated rings. The van der Waals surface area contributed by atoms with Gasteiger partial charge in [-0.05, 0) is 46.6 Å². The predicted octanol–water partition coefficient (Wildman–Crippen LogP) is 4.36. The number of hydrogen-bond donors (Lipinski definition) is 2. The summed E-state index contributed by atoms with van der Waals surface area (Å²) in [5.41, 5.74) is 7.61. The molecule has 94 valence electrons. The number of hydrogen-bond acceptors (Lipinski definition) is 2. The van der Waals surface area contributed by atoms with Crippen molar-refractivity contribution < 1.29 is 8.78 Å². The van der Waals surface area contributed by atoms with Gasteiger partial charge in [0.25, 0.3) is 0 Å². The lowest BCUT2D eigenvalue weighted by atomic mass is 10.2. The van der Waals surface area contributed by atoms with Crippen LogP contribution in [0.15, 0.2) is 34.8 Å². The Bertz CT molecular complexity index is 600. The third kappa shape index (κ3) is 2.61. The van der Waals surface area contributed by atoms with Crippen LogP contribution in [0, 0.1) is 18.6 Å². The summed E-state index contributed by atoms with van der Waals surface area (Å²) in [6.45, 7) is 1.67. The van der Waals surface area contributed by atoms with E-state index in [0.29, 0.717) is 27.1 Å². The molecule has 2 aromatic rings. The number of nitrogen functional groups attached to an aromatic ring is 1. The second-order valence-corrected chi connectivity index (χ2v) is 4.80. The van der Waals surface area contributed by atoms with E-state index < -0.39 is 5.82 Å². The van der Waals surface area contributed by atoms with E-state index in [2.05, 4.69) is 21.2 Å². The highest BCUT2D eigenvalue weighted by atomic mass is 79.9. The Morgan fingerprint density at radius 3 is 2.50 bits per heavy atom. The van der Waals surface area contributed by atoms with Crippen LogP contribution in [-0.2, 0) is 0 Å². The summed E-state index contributed by atoms with van der Waals surface area (Å²) >= 11 is 3.04. The monoisotopic (exact) mass is 312 g/mol. The highest BCUT2D eigenvalue weighted by Crippen LogP contribution is 2.29. The van der Waals surface area contributed by atoms with Gasteiger partial charge >= 0.3 is 0 Å². The average Bonchev–Trinajstić information content (AvgIpc) is 2.31. The number of nitrogens with two attached hydrogens (primary N) is 1. The summed E-state index contributed by atoms with van der Waals surface area (Å²) in [6.07, 6.45) is 0. The molecule has 2 rings (SSSR count). The first-order chi connectivity index (χ1) is 8.47. The van der Waals surface area contributed by atoms with E-state index in [4.69, 9.17) is 5.73 Å². The van der Waals surface area contributed by atoms with Gasteiger partial charge in [0.1, 0.15) is 11.6 Å². The number of aryl methyl sites for hydroxylation is 1. The SMILES string of the molecule is Cc1ccc(Nc2cc(F)c(Br)cc2N)cc1F. The van der Waals surface area contributed by atoms with Gasteiger partial charge in [0.05, 0.1) is 15.8 Å². The number of rotatable bonds is 2. The van der Waals surface area contributed by atoms with Crippen LogP contribution in [0.25, 0.3) is 0 Å². The van der Waals surface area contributed by atoms with E-state index in [-0.39, 0.29) is 5.82 Å². The highest BCUT2D eigenvalue weighted by Gasteiger charge is 2.07. The fourth-order valence-electron chi connectivity index (χ4n) is 1.50. The topological polar surface area (TPSA) is 38.0 Å². The molecular weight excluding hydrogens is 302 g/mol. The molecule has 0 heterocycles. The quantitative estimate of drug-likeness (QED) is 0.808. The van der Waals surface area contributed by atoms with E-state index in [0.717, 1.165) is 0 Å². The second-order valence-electron chi connectivity index (χ2n) is 3.94. The molecule has 0 radical (unpaired) electrons. The lowest BCUT2D eigenvalue weighted by Gasteiger charge is -2.11. The van der Waals surface area contributed by atoms with Gasteiger partial charge in [0, 0.05) is 11.8 Å². The van der Waals surface area contributed by atoms with Crippen molar-refractivity contribution in [3.05, 3.63) is 52.0 Å². The van der Waals surface area contributed by atoms with Gasteiger partial charge in [-0.15, -0.1) is 0 Å². The van der Waals surface area contributed by atoms with Crippen LogP contribution in [0.3, 0.4) is 0 Å². The number of nitrogens with one attached hydrogen (secondary N) is 1. The first-order valence-corrected chi connectivity index (χ1v) is 6.04. The molecule has 0 saturated heterocycles. The van der Waals surface area contributed by atoms with Crippen LogP contribution in [0.5, 0.6) is 0 Å². The van der Waals surface area contributed by atoms with Crippen LogP contribution in [0.1, 0.15) is 5.56 Å². The number of anilines is 3. The third-order valence-corrected chi connectivity index (χ3v) is 3.15. The van der Waals surface area contributed by atoms with Crippen molar-refractivity contribution in [2.45, 2.75) is 6.92 Å². The smallest absolute Gasteiger partial charge is 0.139 e. The maximum Gasteiger partial charge on any atom is 0.139 e. The molecule has 0 aliphatic carbocycles. The van der Waals surface area contributed by atoms with Gasteiger partial charge < -0.3 is 11.1 Å². The fraction of sp³-hybridized carbons (Fsp3) is 0.0769. The molecule has 2 nitrogen and oxygen atoms in total. The van der Waals surface area contributed by atoms with Gasteiger partial charge in [-0.25, -0.2) is 8.78 Å². The van der Waals surface area contributed by atoms with Crippen molar-refractivity contribution in [3.63, 3.8) is 0 Å². The molecule has 18 heavy (non-hydrogen) atoms. The van der Waals surface area contributed by atoms with Gasteiger partial charge in [-0.3, -0.25) is 0 Å². The molecule has 5 heteroatoms. The van der Waals surface area contributed by atoms with Crippen LogP contribution in [-0.4, -0.2) is 0 Å². The summed E-state index contributed by atoms with van der Waals surface area (Å²) in [5, 5.41) is 2.88. The Balaban J connectivity index is 2.34. The molecule has 0 aliphatic rings. The molecule has 2 aromatic carbocycles. The summed E-state index contributed by atoms with van der Waals surface area (Å²) in [4.78, 5) is 0. The molecule has 0 spiro atoms. The molecule has 0 aliphatic heterocycles. The molecule has 0 saturated carbocycles. The largest absolute Gasteiger partial charge is 0.397 e. The fourth-order valence-corrected chi connectivity index (χ4v) is 1.86. The van der Waals surface area contributed by atoms with Gasteiger partial charge in [-0.1, -0.05) is 6.07 Å². The summed E-state index contributed by atoms with van der Waals surface area (Å²) < 4.78 is 27.1. The minimum Gasteiger partial charge on any atom is -0.397 e. The number of halogens is 3. The van der Waals surface area contributed by atoms with Crippen LogP contribution < -0.4 is 11.1 Å². The molecular formula is C13H11BrF2N2. The van der Waals surface area contributed by atoms with Crippen molar-refractivity contribution in [1.82, 2.24) is 0 Å². The Hall–Kier alpha value is -1.62. The van der Waals surface area contributed by atoms with Gasteiger partial charge in [0.2, 0.25) is 0 Å². The Labute approximate surface area is 112 Å². The number of benzene rings is 2. The van der Waals surface area contributed by atoms with E-state index in [1.165, 1.54) is 18.2 Å². The van der Waals surface area contributed by atoms with Crippen LogP contribution in [0.4, 0.5) is 25.8 Å².